The van der Waals surface area contributed by atoms with E-state index in [1.807, 2.05) is 6.07 Å². The van der Waals surface area contributed by atoms with Crippen molar-refractivity contribution in [2.24, 2.45) is 0 Å². The van der Waals surface area contributed by atoms with Crippen LogP contribution in [0.15, 0.2) is 36.5 Å². The van der Waals surface area contributed by atoms with Crippen molar-refractivity contribution >= 4 is 17.2 Å². The molecule has 2 aromatic rings. The summed E-state index contributed by atoms with van der Waals surface area (Å²) < 4.78 is 24.6. The van der Waals surface area contributed by atoms with Gasteiger partial charge >= 0.3 is 0 Å². The molecule has 0 aliphatic carbocycles. The molecule has 28 heavy (non-hydrogen) atoms. The number of anilines is 3. The van der Waals surface area contributed by atoms with Crippen LogP contribution in [0.3, 0.4) is 0 Å². The minimum atomic E-state index is -0.196. The Hall–Kier alpha value is -2.54. The summed E-state index contributed by atoms with van der Waals surface area (Å²) >= 11 is 0. The SMILES string of the molecule is COc1cnc(N2CCOCC2)cc1N[C@@H]1CCCN(c2cccc(F)c2)C1. The molecular formula is C21H27FN4O2. The number of methoxy groups -OCH3 is 1. The molecule has 1 N–H and O–H groups in total. The standard InChI is InChI=1S/C21H27FN4O2/c1-27-20-14-23-21(25-8-10-28-11-9-25)13-19(20)24-17-5-3-7-26(15-17)18-6-2-4-16(22)12-18/h2,4,6,12-14,17H,3,5,7-11,15H2,1H3,(H,23,24)/t17-/m1/s1. The number of morpholine rings is 1. The minimum absolute atomic E-state index is 0.196. The third kappa shape index (κ3) is 4.30. The zero-order valence-corrected chi connectivity index (χ0v) is 16.2. The van der Waals surface area contributed by atoms with Crippen molar-refractivity contribution in [1.29, 1.82) is 0 Å². The topological polar surface area (TPSA) is 49.9 Å². The molecule has 2 saturated heterocycles. The average molecular weight is 386 g/mol. The van der Waals surface area contributed by atoms with Gasteiger partial charge in [-0.05, 0) is 31.0 Å². The highest BCUT2D eigenvalue weighted by molar-refractivity contribution is 5.63. The molecular weight excluding hydrogens is 359 g/mol. The molecule has 0 saturated carbocycles. The summed E-state index contributed by atoms with van der Waals surface area (Å²) in [6.45, 7) is 4.89. The van der Waals surface area contributed by atoms with Gasteiger partial charge in [-0.25, -0.2) is 9.37 Å². The molecule has 0 spiro atoms. The highest BCUT2D eigenvalue weighted by Crippen LogP contribution is 2.30. The molecule has 0 bridgehead atoms. The third-order valence-electron chi connectivity index (χ3n) is 5.36. The molecule has 0 radical (unpaired) electrons. The highest BCUT2D eigenvalue weighted by atomic mass is 19.1. The number of piperidine rings is 1. The lowest BCUT2D eigenvalue weighted by molar-refractivity contribution is 0.122. The maximum Gasteiger partial charge on any atom is 0.160 e. The Bertz CT molecular complexity index is 798. The smallest absolute Gasteiger partial charge is 0.160 e. The van der Waals surface area contributed by atoms with Gasteiger partial charge in [-0.3, -0.25) is 0 Å². The van der Waals surface area contributed by atoms with Gasteiger partial charge in [0.25, 0.3) is 0 Å². The molecule has 0 amide bonds. The van der Waals surface area contributed by atoms with Crippen LogP contribution in [0.1, 0.15) is 12.8 Å². The van der Waals surface area contributed by atoms with Crippen LogP contribution in [0.25, 0.3) is 0 Å². The summed E-state index contributed by atoms with van der Waals surface area (Å²) in [5.41, 5.74) is 1.88. The summed E-state index contributed by atoms with van der Waals surface area (Å²) in [4.78, 5) is 9.02. The summed E-state index contributed by atoms with van der Waals surface area (Å²) in [5, 5.41) is 3.64. The van der Waals surface area contributed by atoms with E-state index < -0.39 is 0 Å². The normalized spacial score (nSPS) is 20.1. The second-order valence-corrected chi connectivity index (χ2v) is 7.25. The fraction of sp³-hybridized carbons (Fsp3) is 0.476. The Balaban J connectivity index is 1.49. The van der Waals surface area contributed by atoms with E-state index in [0.29, 0.717) is 0 Å². The fourth-order valence-corrected chi connectivity index (χ4v) is 3.89. The third-order valence-corrected chi connectivity index (χ3v) is 5.36. The summed E-state index contributed by atoms with van der Waals surface area (Å²) in [7, 11) is 1.66. The average Bonchev–Trinajstić information content (AvgIpc) is 2.74. The lowest BCUT2D eigenvalue weighted by atomic mass is 10.0. The molecule has 1 aromatic heterocycles. The first-order valence-electron chi connectivity index (χ1n) is 9.87. The lowest BCUT2D eigenvalue weighted by Gasteiger charge is -2.35. The Labute approximate surface area is 165 Å². The van der Waals surface area contributed by atoms with Crippen molar-refractivity contribution < 1.29 is 13.9 Å². The number of pyridine rings is 1. The maximum atomic E-state index is 13.6. The number of ether oxygens (including phenoxy) is 2. The predicted molar refractivity (Wildman–Crippen MR) is 109 cm³/mol. The molecule has 4 rings (SSSR count). The lowest BCUT2D eigenvalue weighted by Crippen LogP contribution is -2.42. The van der Waals surface area contributed by atoms with Crippen LogP contribution >= 0.6 is 0 Å². The van der Waals surface area contributed by atoms with E-state index in [1.165, 1.54) is 6.07 Å². The van der Waals surface area contributed by atoms with Crippen LogP contribution in [0.5, 0.6) is 5.75 Å². The molecule has 6 nitrogen and oxygen atoms in total. The molecule has 1 aromatic carbocycles. The molecule has 2 aliphatic rings. The number of hydrogen-bond donors (Lipinski definition) is 1. The highest BCUT2D eigenvalue weighted by Gasteiger charge is 2.22. The van der Waals surface area contributed by atoms with Crippen LogP contribution in [0.2, 0.25) is 0 Å². The number of aromatic nitrogens is 1. The van der Waals surface area contributed by atoms with Gasteiger partial charge in [0, 0.05) is 44.0 Å². The summed E-state index contributed by atoms with van der Waals surface area (Å²) in [6, 6.07) is 9.14. The van der Waals surface area contributed by atoms with Crippen LogP contribution in [-0.4, -0.2) is 57.5 Å². The first kappa shape index (κ1) is 18.8. The van der Waals surface area contributed by atoms with Crippen molar-refractivity contribution in [1.82, 2.24) is 4.98 Å². The first-order chi connectivity index (χ1) is 13.7. The number of benzene rings is 1. The van der Waals surface area contributed by atoms with E-state index in [-0.39, 0.29) is 11.9 Å². The van der Waals surface area contributed by atoms with E-state index >= 15 is 0 Å². The number of rotatable bonds is 5. The summed E-state index contributed by atoms with van der Waals surface area (Å²) in [5.74, 6) is 1.47. The zero-order chi connectivity index (χ0) is 19.3. The second kappa shape index (κ2) is 8.65. The predicted octanol–water partition coefficient (Wildman–Crippen LogP) is 3.15. The number of halogens is 1. The van der Waals surface area contributed by atoms with Crippen LogP contribution < -0.4 is 19.9 Å². The Kier molecular flexibility index (Phi) is 5.81. The molecule has 2 fully saturated rings. The summed E-state index contributed by atoms with van der Waals surface area (Å²) in [6.07, 6.45) is 3.89. The quantitative estimate of drug-likeness (QED) is 0.852. The Morgan fingerprint density at radius 3 is 2.82 bits per heavy atom. The first-order valence-corrected chi connectivity index (χ1v) is 9.87. The second-order valence-electron chi connectivity index (χ2n) is 7.25. The van der Waals surface area contributed by atoms with E-state index in [4.69, 9.17) is 9.47 Å². The number of nitrogens with one attached hydrogen (secondary N) is 1. The maximum absolute atomic E-state index is 13.6. The number of nitrogens with zero attached hydrogens (tertiary/aromatic N) is 3. The Morgan fingerprint density at radius 2 is 2.04 bits per heavy atom. The van der Waals surface area contributed by atoms with Gasteiger partial charge in [-0.2, -0.15) is 0 Å². The molecule has 3 heterocycles. The molecule has 1 atom stereocenters. The van der Waals surface area contributed by atoms with Crippen LogP contribution in [0, 0.1) is 5.82 Å². The van der Waals surface area contributed by atoms with Crippen molar-refractivity contribution in [3.8, 4) is 5.75 Å². The monoisotopic (exact) mass is 386 g/mol. The van der Waals surface area contributed by atoms with Gasteiger partial charge in [0.15, 0.2) is 5.75 Å². The van der Waals surface area contributed by atoms with Gasteiger partial charge in [0.05, 0.1) is 32.2 Å². The van der Waals surface area contributed by atoms with Gasteiger partial charge in [-0.15, -0.1) is 0 Å². The minimum Gasteiger partial charge on any atom is -0.493 e. The van der Waals surface area contributed by atoms with Crippen LogP contribution in [-0.2, 0) is 4.74 Å². The van der Waals surface area contributed by atoms with Gasteiger partial charge in [0.2, 0.25) is 0 Å². The van der Waals surface area contributed by atoms with Gasteiger partial charge < -0.3 is 24.6 Å². The Morgan fingerprint density at radius 1 is 1.18 bits per heavy atom. The van der Waals surface area contributed by atoms with E-state index in [1.54, 1.807) is 25.4 Å². The van der Waals surface area contributed by atoms with E-state index in [9.17, 15) is 4.39 Å². The van der Waals surface area contributed by atoms with Gasteiger partial charge in [-0.1, -0.05) is 6.07 Å². The zero-order valence-electron chi connectivity index (χ0n) is 16.2. The van der Waals surface area contributed by atoms with E-state index in [2.05, 4.69) is 26.2 Å². The molecule has 150 valence electrons. The molecule has 7 heteroatoms. The van der Waals surface area contributed by atoms with Crippen molar-refractivity contribution in [2.45, 2.75) is 18.9 Å². The molecule has 2 aliphatic heterocycles. The number of hydrogen-bond acceptors (Lipinski definition) is 6. The fourth-order valence-electron chi connectivity index (χ4n) is 3.89. The van der Waals surface area contributed by atoms with Gasteiger partial charge in [0.1, 0.15) is 11.6 Å². The van der Waals surface area contributed by atoms with E-state index in [0.717, 1.165) is 75.2 Å². The van der Waals surface area contributed by atoms with Crippen LogP contribution in [0.4, 0.5) is 21.6 Å². The molecule has 0 unspecified atom stereocenters. The van der Waals surface area contributed by atoms with Crippen molar-refractivity contribution in [3.63, 3.8) is 0 Å². The van der Waals surface area contributed by atoms with Crippen molar-refractivity contribution in [2.75, 3.05) is 61.6 Å². The largest absolute Gasteiger partial charge is 0.493 e. The van der Waals surface area contributed by atoms with Crippen molar-refractivity contribution in [3.05, 3.63) is 42.3 Å².